The molecule has 0 bridgehead atoms. The number of benzene rings is 2. The molecule has 2 aromatic rings. The molecule has 0 aliphatic rings. The third kappa shape index (κ3) is 6.41. The van der Waals surface area contributed by atoms with Gasteiger partial charge in [-0.25, -0.2) is 0 Å². The first-order valence-electron chi connectivity index (χ1n) is 9.79. The number of carbonyl (C=O) groups is 2. The molecule has 0 fully saturated rings. The molecule has 2 amide bonds. The van der Waals surface area contributed by atoms with E-state index in [4.69, 9.17) is 4.74 Å². The second-order valence-corrected chi connectivity index (χ2v) is 6.82. The summed E-state index contributed by atoms with van der Waals surface area (Å²) >= 11 is 0. The Morgan fingerprint density at radius 3 is 2.32 bits per heavy atom. The van der Waals surface area contributed by atoms with Gasteiger partial charge < -0.3 is 15.0 Å². The van der Waals surface area contributed by atoms with Crippen molar-refractivity contribution in [2.75, 3.05) is 13.7 Å². The van der Waals surface area contributed by atoms with Gasteiger partial charge in [0.05, 0.1) is 7.11 Å². The predicted octanol–water partition coefficient (Wildman–Crippen LogP) is 3.57. The average molecular weight is 383 g/mol. The third-order valence-corrected chi connectivity index (χ3v) is 4.70. The average Bonchev–Trinajstić information content (AvgIpc) is 2.72. The van der Waals surface area contributed by atoms with Gasteiger partial charge in [0, 0.05) is 19.5 Å². The molecule has 1 atom stereocenters. The second kappa shape index (κ2) is 11.1. The van der Waals surface area contributed by atoms with E-state index in [1.807, 2.05) is 61.5 Å². The number of amides is 2. The summed E-state index contributed by atoms with van der Waals surface area (Å²) in [5.74, 6) is 0.625. The zero-order chi connectivity index (χ0) is 20.4. The minimum absolute atomic E-state index is 0.0102. The predicted molar refractivity (Wildman–Crippen MR) is 111 cm³/mol. The van der Waals surface area contributed by atoms with Crippen LogP contribution >= 0.6 is 0 Å². The Hall–Kier alpha value is -2.82. The van der Waals surface area contributed by atoms with Gasteiger partial charge in [-0.2, -0.15) is 0 Å². The van der Waals surface area contributed by atoms with Gasteiger partial charge in [-0.3, -0.25) is 9.59 Å². The number of nitrogens with zero attached hydrogens (tertiary/aromatic N) is 1. The highest BCUT2D eigenvalue weighted by atomic mass is 16.5. The summed E-state index contributed by atoms with van der Waals surface area (Å²) in [5, 5.41) is 2.96. The summed E-state index contributed by atoms with van der Waals surface area (Å²) < 4.78 is 5.18. The summed E-state index contributed by atoms with van der Waals surface area (Å²) in [6.07, 6.45) is 1.94. The highest BCUT2D eigenvalue weighted by Crippen LogP contribution is 2.16. The number of rotatable bonds is 10. The van der Waals surface area contributed by atoms with Crippen LogP contribution in [0, 0.1) is 0 Å². The molecular weight excluding hydrogens is 352 g/mol. The number of hydrogen-bond donors (Lipinski definition) is 1. The van der Waals surface area contributed by atoms with Gasteiger partial charge in [-0.1, -0.05) is 49.4 Å². The van der Waals surface area contributed by atoms with Crippen LogP contribution in [-0.2, 0) is 22.6 Å². The lowest BCUT2D eigenvalue weighted by molar-refractivity contribution is -0.140. The van der Waals surface area contributed by atoms with Crippen molar-refractivity contribution in [3.8, 4) is 5.75 Å². The van der Waals surface area contributed by atoms with Gasteiger partial charge in [0.25, 0.3) is 0 Å². The maximum Gasteiger partial charge on any atom is 0.242 e. The van der Waals surface area contributed by atoms with E-state index in [-0.39, 0.29) is 11.8 Å². The highest BCUT2D eigenvalue weighted by molar-refractivity contribution is 5.87. The Morgan fingerprint density at radius 1 is 1.04 bits per heavy atom. The largest absolute Gasteiger partial charge is 0.497 e. The Bertz CT molecular complexity index is 744. The van der Waals surface area contributed by atoms with Crippen molar-refractivity contribution < 1.29 is 14.3 Å². The van der Waals surface area contributed by atoms with Crippen molar-refractivity contribution in [2.45, 2.75) is 45.7 Å². The SMILES string of the molecule is CCCC(=O)N(Cc1ccc(OC)cc1)[C@H](C)C(=O)NCCc1ccccc1. The van der Waals surface area contributed by atoms with Gasteiger partial charge >= 0.3 is 0 Å². The number of methoxy groups -OCH3 is 1. The fraction of sp³-hybridized carbons (Fsp3) is 0.391. The van der Waals surface area contributed by atoms with Crippen molar-refractivity contribution in [3.63, 3.8) is 0 Å². The summed E-state index contributed by atoms with van der Waals surface area (Å²) in [5.41, 5.74) is 2.14. The summed E-state index contributed by atoms with van der Waals surface area (Å²) in [4.78, 5) is 26.9. The van der Waals surface area contributed by atoms with Crippen LogP contribution in [0.15, 0.2) is 54.6 Å². The van der Waals surface area contributed by atoms with E-state index in [0.717, 1.165) is 24.2 Å². The van der Waals surface area contributed by atoms with Crippen LogP contribution in [0.4, 0.5) is 0 Å². The highest BCUT2D eigenvalue weighted by Gasteiger charge is 2.25. The molecule has 0 saturated carbocycles. The van der Waals surface area contributed by atoms with E-state index in [0.29, 0.717) is 19.5 Å². The molecule has 150 valence electrons. The van der Waals surface area contributed by atoms with Crippen LogP contribution in [-0.4, -0.2) is 36.4 Å². The molecule has 0 aliphatic heterocycles. The van der Waals surface area contributed by atoms with Gasteiger partial charge in [0.1, 0.15) is 11.8 Å². The smallest absolute Gasteiger partial charge is 0.242 e. The van der Waals surface area contributed by atoms with Crippen molar-refractivity contribution in [2.24, 2.45) is 0 Å². The molecule has 5 nitrogen and oxygen atoms in total. The lowest BCUT2D eigenvalue weighted by atomic mass is 10.1. The Labute approximate surface area is 167 Å². The zero-order valence-corrected chi connectivity index (χ0v) is 17.0. The lowest BCUT2D eigenvalue weighted by Crippen LogP contribution is -2.47. The fourth-order valence-electron chi connectivity index (χ4n) is 2.99. The Kier molecular flexibility index (Phi) is 8.53. The molecule has 5 heteroatoms. The zero-order valence-electron chi connectivity index (χ0n) is 17.0. The van der Waals surface area contributed by atoms with Crippen molar-refractivity contribution in [3.05, 3.63) is 65.7 Å². The monoisotopic (exact) mass is 382 g/mol. The van der Waals surface area contributed by atoms with Gasteiger partial charge in [-0.15, -0.1) is 0 Å². The second-order valence-electron chi connectivity index (χ2n) is 6.82. The molecule has 0 radical (unpaired) electrons. The van der Waals surface area contributed by atoms with Gasteiger partial charge in [0.2, 0.25) is 11.8 Å². The van der Waals surface area contributed by atoms with Crippen LogP contribution in [0.25, 0.3) is 0 Å². The van der Waals surface area contributed by atoms with E-state index in [9.17, 15) is 9.59 Å². The van der Waals surface area contributed by atoms with Gasteiger partial charge in [-0.05, 0) is 43.0 Å². The number of ether oxygens (including phenoxy) is 1. The molecular formula is C23H30N2O3. The minimum atomic E-state index is -0.531. The summed E-state index contributed by atoms with van der Waals surface area (Å²) in [6, 6.07) is 17.1. The summed E-state index contributed by atoms with van der Waals surface area (Å²) in [6.45, 7) is 4.70. The first-order chi connectivity index (χ1) is 13.5. The molecule has 0 aliphatic carbocycles. The number of hydrogen-bond acceptors (Lipinski definition) is 3. The van der Waals surface area contributed by atoms with Crippen molar-refractivity contribution >= 4 is 11.8 Å². The maximum atomic E-state index is 12.6. The van der Waals surface area contributed by atoms with E-state index in [1.165, 1.54) is 5.56 Å². The Balaban J connectivity index is 1.99. The summed E-state index contributed by atoms with van der Waals surface area (Å²) in [7, 11) is 1.62. The lowest BCUT2D eigenvalue weighted by Gasteiger charge is -2.29. The molecule has 2 aromatic carbocycles. The molecule has 0 saturated heterocycles. The molecule has 0 spiro atoms. The third-order valence-electron chi connectivity index (χ3n) is 4.70. The minimum Gasteiger partial charge on any atom is -0.497 e. The van der Waals surface area contributed by atoms with E-state index in [1.54, 1.807) is 18.9 Å². The van der Waals surface area contributed by atoms with E-state index < -0.39 is 6.04 Å². The Morgan fingerprint density at radius 2 is 1.71 bits per heavy atom. The fourth-order valence-corrected chi connectivity index (χ4v) is 2.99. The molecule has 2 rings (SSSR count). The number of nitrogens with one attached hydrogen (secondary N) is 1. The van der Waals surface area contributed by atoms with Crippen LogP contribution in [0.1, 0.15) is 37.8 Å². The van der Waals surface area contributed by atoms with Gasteiger partial charge in [0.15, 0.2) is 0 Å². The maximum absolute atomic E-state index is 12.6. The first-order valence-corrected chi connectivity index (χ1v) is 9.79. The van der Waals surface area contributed by atoms with Crippen LogP contribution in [0.5, 0.6) is 5.75 Å². The standard InChI is InChI=1S/C23H30N2O3/c1-4-8-22(26)25(17-20-11-13-21(28-3)14-12-20)18(2)23(27)24-16-15-19-9-6-5-7-10-19/h5-7,9-14,18H,4,8,15-17H2,1-3H3,(H,24,27)/t18-/m1/s1. The molecule has 0 unspecified atom stereocenters. The van der Waals surface area contributed by atoms with Crippen molar-refractivity contribution in [1.82, 2.24) is 10.2 Å². The normalized spacial score (nSPS) is 11.5. The first kappa shape index (κ1) is 21.5. The quantitative estimate of drug-likeness (QED) is 0.683. The van der Waals surface area contributed by atoms with Crippen LogP contribution in [0.2, 0.25) is 0 Å². The van der Waals surface area contributed by atoms with E-state index >= 15 is 0 Å². The van der Waals surface area contributed by atoms with E-state index in [2.05, 4.69) is 5.32 Å². The van der Waals surface area contributed by atoms with Crippen LogP contribution in [0.3, 0.4) is 0 Å². The molecule has 1 N–H and O–H groups in total. The molecule has 28 heavy (non-hydrogen) atoms. The van der Waals surface area contributed by atoms with Crippen molar-refractivity contribution in [1.29, 1.82) is 0 Å². The molecule has 0 aromatic heterocycles. The molecule has 0 heterocycles. The topological polar surface area (TPSA) is 58.6 Å². The number of carbonyl (C=O) groups excluding carboxylic acids is 2. The van der Waals surface area contributed by atoms with Crippen LogP contribution < -0.4 is 10.1 Å².